The van der Waals surface area contributed by atoms with Gasteiger partial charge >= 0.3 is 6.61 Å². The van der Waals surface area contributed by atoms with E-state index in [1.807, 2.05) is 0 Å². The summed E-state index contributed by atoms with van der Waals surface area (Å²) in [5, 5.41) is 3.91. The molecule has 1 heterocycles. The van der Waals surface area contributed by atoms with Crippen molar-refractivity contribution < 1.29 is 18.3 Å². The number of benzene rings is 1. The number of aromatic nitrogens is 2. The molecule has 2 aromatic rings. The van der Waals surface area contributed by atoms with Crippen LogP contribution in [-0.4, -0.2) is 22.2 Å². The van der Waals surface area contributed by atoms with Crippen LogP contribution in [-0.2, 0) is 7.05 Å². The zero-order chi connectivity index (χ0) is 14.5. The number of nitrogens with zero attached hydrogens (tertiary/aromatic N) is 2. The van der Waals surface area contributed by atoms with Gasteiger partial charge in [0.2, 0.25) is 5.78 Å². The van der Waals surface area contributed by atoms with Gasteiger partial charge in [-0.25, -0.2) is 0 Å². The van der Waals surface area contributed by atoms with E-state index < -0.39 is 6.61 Å². The van der Waals surface area contributed by atoms with Crippen LogP contribution >= 0.6 is 0 Å². The summed E-state index contributed by atoms with van der Waals surface area (Å²) in [6.45, 7) is -2.84. The molecular formula is C14H12F2N2O2. The maximum absolute atomic E-state index is 12.0. The number of ether oxygens (including phenoxy) is 1. The van der Waals surface area contributed by atoms with E-state index in [1.165, 1.54) is 29.1 Å². The standard InChI is InChI=1S/C14H12F2N2O2/c1-18-12(8-9-17-18)13(19)7-4-10-2-5-11(6-3-10)20-14(15)16/h2-9,14H,1H3/b7-4+. The summed E-state index contributed by atoms with van der Waals surface area (Å²) >= 11 is 0. The van der Waals surface area contributed by atoms with Gasteiger partial charge in [-0.2, -0.15) is 13.9 Å². The topological polar surface area (TPSA) is 44.1 Å². The smallest absolute Gasteiger partial charge is 0.387 e. The largest absolute Gasteiger partial charge is 0.435 e. The van der Waals surface area contributed by atoms with Crippen molar-refractivity contribution in [1.29, 1.82) is 0 Å². The summed E-state index contributed by atoms with van der Waals surface area (Å²) in [6.07, 6.45) is 4.54. The Morgan fingerprint density at radius 2 is 2.00 bits per heavy atom. The van der Waals surface area contributed by atoms with Gasteiger partial charge in [0.25, 0.3) is 0 Å². The predicted octanol–water partition coefficient (Wildman–Crippen LogP) is 2.92. The third-order valence-corrected chi connectivity index (χ3v) is 2.61. The van der Waals surface area contributed by atoms with Crippen LogP contribution < -0.4 is 4.74 Å². The quantitative estimate of drug-likeness (QED) is 0.624. The fourth-order valence-electron chi connectivity index (χ4n) is 1.63. The van der Waals surface area contributed by atoms with Crippen molar-refractivity contribution in [2.75, 3.05) is 0 Å². The summed E-state index contributed by atoms with van der Waals surface area (Å²) < 4.78 is 29.7. The fourth-order valence-corrected chi connectivity index (χ4v) is 1.63. The molecule has 1 aromatic carbocycles. The van der Waals surface area contributed by atoms with Crippen molar-refractivity contribution in [3.8, 4) is 5.75 Å². The number of halogens is 2. The van der Waals surface area contributed by atoms with Gasteiger partial charge in [-0.3, -0.25) is 9.48 Å². The Hall–Kier alpha value is -2.50. The van der Waals surface area contributed by atoms with Crippen molar-refractivity contribution in [2.45, 2.75) is 6.61 Å². The molecule has 1 aromatic heterocycles. The SMILES string of the molecule is Cn1nccc1C(=O)/C=C/c1ccc(OC(F)F)cc1. The molecule has 0 atom stereocenters. The first-order valence-corrected chi connectivity index (χ1v) is 5.81. The number of alkyl halides is 2. The van der Waals surface area contributed by atoms with E-state index in [4.69, 9.17) is 0 Å². The van der Waals surface area contributed by atoms with Crippen LogP contribution in [0.4, 0.5) is 8.78 Å². The van der Waals surface area contributed by atoms with E-state index in [2.05, 4.69) is 9.84 Å². The lowest BCUT2D eigenvalue weighted by Gasteiger charge is -2.03. The van der Waals surface area contributed by atoms with Crippen molar-refractivity contribution in [1.82, 2.24) is 9.78 Å². The number of ketones is 1. The second kappa shape index (κ2) is 6.10. The zero-order valence-corrected chi connectivity index (χ0v) is 10.7. The lowest BCUT2D eigenvalue weighted by atomic mass is 10.1. The highest BCUT2D eigenvalue weighted by molar-refractivity contribution is 6.05. The summed E-state index contributed by atoms with van der Waals surface area (Å²) in [6, 6.07) is 7.63. The zero-order valence-electron chi connectivity index (χ0n) is 10.7. The van der Waals surface area contributed by atoms with Crippen molar-refractivity contribution in [2.24, 2.45) is 7.05 Å². The first-order valence-electron chi connectivity index (χ1n) is 5.81. The van der Waals surface area contributed by atoms with E-state index >= 15 is 0 Å². The van der Waals surface area contributed by atoms with Gasteiger partial charge in [-0.05, 0) is 29.8 Å². The predicted molar refractivity (Wildman–Crippen MR) is 69.6 cm³/mol. The third-order valence-electron chi connectivity index (χ3n) is 2.61. The maximum atomic E-state index is 12.0. The van der Waals surface area contributed by atoms with E-state index in [9.17, 15) is 13.6 Å². The highest BCUT2D eigenvalue weighted by Crippen LogP contribution is 2.15. The average Bonchev–Trinajstić information content (AvgIpc) is 2.83. The second-order valence-corrected chi connectivity index (χ2v) is 3.99. The molecule has 0 spiro atoms. The Balaban J connectivity index is 2.04. The Labute approximate surface area is 114 Å². The Morgan fingerprint density at radius 3 is 2.55 bits per heavy atom. The Bertz CT molecular complexity index is 618. The average molecular weight is 278 g/mol. The number of aryl methyl sites for hydroxylation is 1. The van der Waals surface area contributed by atoms with Gasteiger partial charge in [-0.15, -0.1) is 0 Å². The minimum Gasteiger partial charge on any atom is -0.435 e. The number of hydrogen-bond acceptors (Lipinski definition) is 3. The molecule has 20 heavy (non-hydrogen) atoms. The van der Waals surface area contributed by atoms with Gasteiger partial charge in [0.1, 0.15) is 11.4 Å². The molecule has 4 nitrogen and oxygen atoms in total. The van der Waals surface area contributed by atoms with E-state index in [0.717, 1.165) is 0 Å². The Kier molecular flexibility index (Phi) is 4.24. The minimum atomic E-state index is -2.84. The van der Waals surface area contributed by atoms with Crippen LogP contribution in [0.3, 0.4) is 0 Å². The van der Waals surface area contributed by atoms with Crippen LogP contribution in [0.25, 0.3) is 6.08 Å². The van der Waals surface area contributed by atoms with Crippen LogP contribution in [0.15, 0.2) is 42.6 Å². The third kappa shape index (κ3) is 3.50. The molecule has 0 bridgehead atoms. The molecule has 104 valence electrons. The molecule has 0 saturated heterocycles. The molecule has 0 aliphatic heterocycles. The molecule has 0 unspecified atom stereocenters. The first kappa shape index (κ1) is 13.9. The van der Waals surface area contributed by atoms with Gasteiger partial charge in [0.15, 0.2) is 0 Å². The van der Waals surface area contributed by atoms with Crippen LogP contribution in [0.5, 0.6) is 5.75 Å². The maximum Gasteiger partial charge on any atom is 0.387 e. The number of allylic oxidation sites excluding steroid dienone is 1. The summed E-state index contributed by atoms with van der Waals surface area (Å²) in [4.78, 5) is 11.8. The van der Waals surface area contributed by atoms with Crippen LogP contribution in [0.1, 0.15) is 16.1 Å². The lowest BCUT2D eigenvalue weighted by Crippen LogP contribution is -2.03. The molecule has 0 N–H and O–H groups in total. The van der Waals surface area contributed by atoms with Crippen LogP contribution in [0, 0.1) is 0 Å². The molecule has 0 aliphatic carbocycles. The Morgan fingerprint density at radius 1 is 1.30 bits per heavy atom. The number of rotatable bonds is 5. The van der Waals surface area contributed by atoms with E-state index in [0.29, 0.717) is 11.3 Å². The minimum absolute atomic E-state index is 0.0788. The summed E-state index contributed by atoms with van der Waals surface area (Å²) in [5.41, 5.74) is 1.18. The summed E-state index contributed by atoms with van der Waals surface area (Å²) in [5.74, 6) is -0.104. The van der Waals surface area contributed by atoms with Crippen LogP contribution in [0.2, 0.25) is 0 Å². The van der Waals surface area contributed by atoms with Crippen molar-refractivity contribution in [3.63, 3.8) is 0 Å². The molecular weight excluding hydrogens is 266 g/mol. The number of carbonyl (C=O) groups is 1. The number of hydrogen-bond donors (Lipinski definition) is 0. The normalized spacial score (nSPS) is 11.2. The molecule has 0 fully saturated rings. The van der Waals surface area contributed by atoms with Gasteiger partial charge in [0, 0.05) is 13.2 Å². The molecule has 6 heteroatoms. The first-order chi connectivity index (χ1) is 9.56. The fraction of sp³-hybridized carbons (Fsp3) is 0.143. The molecule has 0 radical (unpaired) electrons. The number of carbonyl (C=O) groups excluding carboxylic acids is 1. The highest BCUT2D eigenvalue weighted by atomic mass is 19.3. The van der Waals surface area contributed by atoms with Crippen molar-refractivity contribution >= 4 is 11.9 Å². The van der Waals surface area contributed by atoms with Gasteiger partial charge in [-0.1, -0.05) is 18.2 Å². The van der Waals surface area contributed by atoms with E-state index in [1.54, 1.807) is 31.3 Å². The molecule has 2 rings (SSSR count). The summed E-state index contributed by atoms with van der Waals surface area (Å²) in [7, 11) is 1.68. The van der Waals surface area contributed by atoms with Gasteiger partial charge < -0.3 is 4.74 Å². The molecule has 0 aliphatic rings. The second-order valence-electron chi connectivity index (χ2n) is 3.99. The van der Waals surface area contributed by atoms with Crippen molar-refractivity contribution in [3.05, 3.63) is 53.9 Å². The highest BCUT2D eigenvalue weighted by Gasteiger charge is 2.06. The monoisotopic (exact) mass is 278 g/mol. The molecule has 0 amide bonds. The van der Waals surface area contributed by atoms with E-state index in [-0.39, 0.29) is 11.5 Å². The lowest BCUT2D eigenvalue weighted by molar-refractivity contribution is -0.0498. The van der Waals surface area contributed by atoms with Gasteiger partial charge in [0.05, 0.1) is 0 Å². The molecule has 0 saturated carbocycles.